The van der Waals surface area contributed by atoms with Crippen molar-refractivity contribution in [1.29, 1.82) is 0 Å². The largest absolute Gasteiger partial charge is 0.339 e. The Bertz CT molecular complexity index is 387. The van der Waals surface area contributed by atoms with Crippen molar-refractivity contribution in [2.75, 3.05) is 13.1 Å². The van der Waals surface area contributed by atoms with Crippen LogP contribution in [0.25, 0.3) is 0 Å². The van der Waals surface area contributed by atoms with Crippen molar-refractivity contribution in [2.45, 2.75) is 26.2 Å². The van der Waals surface area contributed by atoms with Crippen LogP contribution in [0.1, 0.15) is 36.5 Å². The van der Waals surface area contributed by atoms with Gasteiger partial charge in [-0.2, -0.15) is 0 Å². The van der Waals surface area contributed by atoms with Gasteiger partial charge in [0, 0.05) is 19.3 Å². The highest BCUT2D eigenvalue weighted by atomic mass is 79.9. The van der Waals surface area contributed by atoms with E-state index in [1.54, 1.807) is 6.20 Å². The molecule has 2 rings (SSSR count). The van der Waals surface area contributed by atoms with E-state index in [2.05, 4.69) is 20.9 Å². The first-order valence-electron chi connectivity index (χ1n) is 6.11. The lowest BCUT2D eigenvalue weighted by molar-refractivity contribution is 0.0706. The summed E-state index contributed by atoms with van der Waals surface area (Å²) in [6.07, 6.45) is 5.48. The Morgan fingerprint density at radius 1 is 1.53 bits per heavy atom. The summed E-state index contributed by atoms with van der Waals surface area (Å²) in [5.74, 6) is 0.807. The molecule has 3 nitrogen and oxygen atoms in total. The lowest BCUT2D eigenvalue weighted by Gasteiger charge is -2.31. The molecule has 0 aromatic carbocycles. The zero-order valence-electron chi connectivity index (χ0n) is 10.0. The van der Waals surface area contributed by atoms with Crippen LogP contribution in [0.5, 0.6) is 0 Å². The van der Waals surface area contributed by atoms with Crippen LogP contribution in [-0.4, -0.2) is 28.9 Å². The average Bonchev–Trinajstić information content (AvgIpc) is 2.28. The minimum Gasteiger partial charge on any atom is -0.339 e. The van der Waals surface area contributed by atoms with Gasteiger partial charge in [-0.3, -0.25) is 4.79 Å². The highest BCUT2D eigenvalue weighted by Gasteiger charge is 2.23. The fraction of sp³-hybridized carbons (Fsp3) is 0.538. The summed E-state index contributed by atoms with van der Waals surface area (Å²) in [5.41, 5.74) is 0.675. The molecule has 4 heteroatoms. The van der Waals surface area contributed by atoms with Gasteiger partial charge in [0.15, 0.2) is 0 Å². The van der Waals surface area contributed by atoms with Crippen molar-refractivity contribution in [2.24, 2.45) is 5.92 Å². The molecule has 1 heterocycles. The van der Waals surface area contributed by atoms with Gasteiger partial charge in [0.05, 0.1) is 5.56 Å². The van der Waals surface area contributed by atoms with Gasteiger partial charge in [0.25, 0.3) is 5.91 Å². The van der Waals surface area contributed by atoms with E-state index in [9.17, 15) is 4.79 Å². The molecule has 0 radical (unpaired) electrons. The van der Waals surface area contributed by atoms with Crippen LogP contribution >= 0.6 is 15.9 Å². The number of hydrogen-bond donors (Lipinski definition) is 0. The molecule has 0 N–H and O–H groups in total. The van der Waals surface area contributed by atoms with Crippen LogP contribution in [0.15, 0.2) is 22.9 Å². The van der Waals surface area contributed by atoms with E-state index < -0.39 is 0 Å². The molecular weight excluding hydrogens is 280 g/mol. The van der Waals surface area contributed by atoms with E-state index >= 15 is 0 Å². The smallest absolute Gasteiger partial charge is 0.255 e. The van der Waals surface area contributed by atoms with Gasteiger partial charge in [-0.15, -0.1) is 0 Å². The molecule has 1 aromatic rings. The third kappa shape index (κ3) is 3.06. The first-order chi connectivity index (χ1) is 8.20. The second kappa shape index (κ2) is 5.63. The molecular formula is C13H17BrN2O. The fourth-order valence-electron chi connectivity index (χ4n) is 2.03. The highest BCUT2D eigenvalue weighted by Crippen LogP contribution is 2.27. The molecule has 1 aliphatic rings. The summed E-state index contributed by atoms with van der Waals surface area (Å²) >= 11 is 3.27. The molecule has 1 aromatic heterocycles. The van der Waals surface area contributed by atoms with E-state index in [-0.39, 0.29) is 5.91 Å². The molecule has 1 aliphatic carbocycles. The second-order valence-electron chi connectivity index (χ2n) is 4.51. The molecule has 17 heavy (non-hydrogen) atoms. The van der Waals surface area contributed by atoms with Crippen LogP contribution < -0.4 is 0 Å². The van der Waals surface area contributed by atoms with Gasteiger partial charge in [-0.05, 0) is 53.7 Å². The maximum atomic E-state index is 12.2. The standard InChI is InChI=1S/C13H17BrN2O/c1-2-16(9-10-4-3-5-10)13(17)11-6-7-12(14)15-8-11/h6-8,10H,2-5,9H2,1H3. The van der Waals surface area contributed by atoms with E-state index in [0.29, 0.717) is 11.5 Å². The molecule has 0 spiro atoms. The van der Waals surface area contributed by atoms with Crippen LogP contribution in [0.4, 0.5) is 0 Å². The maximum Gasteiger partial charge on any atom is 0.255 e. The van der Waals surface area contributed by atoms with Crippen molar-refractivity contribution in [3.63, 3.8) is 0 Å². The van der Waals surface area contributed by atoms with E-state index in [1.165, 1.54) is 19.3 Å². The summed E-state index contributed by atoms with van der Waals surface area (Å²) in [6, 6.07) is 3.63. The molecule has 0 atom stereocenters. The lowest BCUT2D eigenvalue weighted by atomic mass is 9.85. The predicted molar refractivity (Wildman–Crippen MR) is 70.9 cm³/mol. The number of carbonyl (C=O) groups is 1. The number of hydrogen-bond acceptors (Lipinski definition) is 2. The molecule has 0 unspecified atom stereocenters. The van der Waals surface area contributed by atoms with Crippen molar-refractivity contribution < 1.29 is 4.79 Å². The lowest BCUT2D eigenvalue weighted by Crippen LogP contribution is -2.37. The number of rotatable bonds is 4. The molecule has 92 valence electrons. The highest BCUT2D eigenvalue weighted by molar-refractivity contribution is 9.10. The second-order valence-corrected chi connectivity index (χ2v) is 5.32. The zero-order chi connectivity index (χ0) is 12.3. The predicted octanol–water partition coefficient (Wildman–Crippen LogP) is 3.11. The third-order valence-electron chi connectivity index (χ3n) is 3.35. The number of nitrogens with zero attached hydrogens (tertiary/aromatic N) is 2. The summed E-state index contributed by atoms with van der Waals surface area (Å²) in [6.45, 7) is 3.69. The Morgan fingerprint density at radius 3 is 2.76 bits per heavy atom. The Morgan fingerprint density at radius 2 is 2.29 bits per heavy atom. The minimum absolute atomic E-state index is 0.0967. The first kappa shape index (κ1) is 12.6. The summed E-state index contributed by atoms with van der Waals surface area (Å²) in [5, 5.41) is 0. The van der Waals surface area contributed by atoms with Crippen molar-refractivity contribution in [3.8, 4) is 0 Å². The summed E-state index contributed by atoms with van der Waals surface area (Å²) in [4.78, 5) is 18.3. The average molecular weight is 297 g/mol. The number of aromatic nitrogens is 1. The topological polar surface area (TPSA) is 33.2 Å². The zero-order valence-corrected chi connectivity index (χ0v) is 11.6. The molecule has 0 saturated heterocycles. The monoisotopic (exact) mass is 296 g/mol. The van der Waals surface area contributed by atoms with Gasteiger partial charge in [0.2, 0.25) is 0 Å². The molecule has 1 saturated carbocycles. The van der Waals surface area contributed by atoms with Crippen LogP contribution in [-0.2, 0) is 0 Å². The Balaban J connectivity index is 2.02. The minimum atomic E-state index is 0.0967. The van der Waals surface area contributed by atoms with Crippen LogP contribution in [0.3, 0.4) is 0 Å². The summed E-state index contributed by atoms with van der Waals surface area (Å²) < 4.78 is 0.760. The van der Waals surface area contributed by atoms with Crippen LogP contribution in [0.2, 0.25) is 0 Å². The van der Waals surface area contributed by atoms with Gasteiger partial charge >= 0.3 is 0 Å². The normalized spacial score (nSPS) is 15.4. The number of pyridine rings is 1. The van der Waals surface area contributed by atoms with Gasteiger partial charge < -0.3 is 4.90 Å². The molecule has 1 fully saturated rings. The van der Waals surface area contributed by atoms with Gasteiger partial charge in [0.1, 0.15) is 4.60 Å². The van der Waals surface area contributed by atoms with Gasteiger partial charge in [-0.25, -0.2) is 4.98 Å². The van der Waals surface area contributed by atoms with E-state index in [0.717, 1.165) is 17.7 Å². The van der Waals surface area contributed by atoms with E-state index in [4.69, 9.17) is 0 Å². The Kier molecular flexibility index (Phi) is 4.15. The first-order valence-corrected chi connectivity index (χ1v) is 6.91. The summed E-state index contributed by atoms with van der Waals surface area (Å²) in [7, 11) is 0. The quantitative estimate of drug-likeness (QED) is 0.800. The number of amides is 1. The SMILES string of the molecule is CCN(CC1CCC1)C(=O)c1ccc(Br)nc1. The third-order valence-corrected chi connectivity index (χ3v) is 3.82. The number of halogens is 1. The van der Waals surface area contributed by atoms with Crippen LogP contribution in [0, 0.1) is 5.92 Å². The Hall–Kier alpha value is -0.900. The van der Waals surface area contributed by atoms with Crippen molar-refractivity contribution >= 4 is 21.8 Å². The maximum absolute atomic E-state index is 12.2. The van der Waals surface area contributed by atoms with Gasteiger partial charge in [-0.1, -0.05) is 6.42 Å². The molecule has 0 bridgehead atoms. The fourth-order valence-corrected chi connectivity index (χ4v) is 2.26. The Labute approximate surface area is 110 Å². The molecule has 1 amide bonds. The van der Waals surface area contributed by atoms with E-state index in [1.807, 2.05) is 24.0 Å². The van der Waals surface area contributed by atoms with Crippen molar-refractivity contribution in [1.82, 2.24) is 9.88 Å². The van der Waals surface area contributed by atoms with Crippen molar-refractivity contribution in [3.05, 3.63) is 28.5 Å². The molecule has 0 aliphatic heterocycles. The number of carbonyl (C=O) groups excluding carboxylic acids is 1.